The minimum Gasteiger partial charge on any atom is -0.392 e. The number of likely N-dealkylation sites (tertiary alicyclic amines) is 1. The molecule has 2 unspecified atom stereocenters. The van der Waals surface area contributed by atoms with Gasteiger partial charge in [0.25, 0.3) is 0 Å². The van der Waals surface area contributed by atoms with Crippen LogP contribution in [-0.4, -0.2) is 59.2 Å². The summed E-state index contributed by atoms with van der Waals surface area (Å²) in [5, 5.41) is 10.3. The van der Waals surface area contributed by atoms with Gasteiger partial charge in [-0.1, -0.05) is 17.7 Å². The van der Waals surface area contributed by atoms with Crippen LogP contribution in [0.5, 0.6) is 0 Å². The molecule has 2 rings (SSSR count). The molecule has 5 heteroatoms. The number of β-amino-alcohol motifs (C(OH)–C–C–N with tert-alkyl or cyclic N) is 1. The summed E-state index contributed by atoms with van der Waals surface area (Å²) in [6.07, 6.45) is 2.44. The number of aromatic nitrogens is 1. The van der Waals surface area contributed by atoms with Crippen LogP contribution in [0.1, 0.15) is 12.0 Å². The third-order valence-corrected chi connectivity index (χ3v) is 3.48. The number of hydrogen-bond donors (Lipinski definition) is 1. The molecular formula is C13H20ClN3O. The van der Waals surface area contributed by atoms with E-state index in [0.717, 1.165) is 31.6 Å². The molecule has 1 aromatic rings. The molecule has 0 bridgehead atoms. The molecule has 2 atom stereocenters. The Hall–Kier alpha value is -0.680. The van der Waals surface area contributed by atoms with Crippen molar-refractivity contribution in [1.82, 2.24) is 14.8 Å². The highest BCUT2D eigenvalue weighted by Crippen LogP contribution is 2.21. The molecule has 1 fully saturated rings. The number of pyridine rings is 1. The van der Waals surface area contributed by atoms with Crippen LogP contribution in [0.25, 0.3) is 0 Å². The van der Waals surface area contributed by atoms with E-state index in [-0.39, 0.29) is 6.10 Å². The first-order valence-electron chi connectivity index (χ1n) is 6.22. The predicted octanol–water partition coefficient (Wildman–Crippen LogP) is 1.23. The van der Waals surface area contributed by atoms with Crippen molar-refractivity contribution in [2.75, 3.05) is 27.2 Å². The van der Waals surface area contributed by atoms with E-state index in [1.165, 1.54) is 0 Å². The van der Waals surface area contributed by atoms with Crippen LogP contribution in [0.3, 0.4) is 0 Å². The summed E-state index contributed by atoms with van der Waals surface area (Å²) in [6, 6.07) is 4.21. The summed E-state index contributed by atoms with van der Waals surface area (Å²) in [6.45, 7) is 2.53. The maximum absolute atomic E-state index is 9.81. The summed E-state index contributed by atoms with van der Waals surface area (Å²) < 4.78 is 0. The van der Waals surface area contributed by atoms with Crippen molar-refractivity contribution < 1.29 is 5.11 Å². The molecule has 0 radical (unpaired) electrons. The van der Waals surface area contributed by atoms with Gasteiger partial charge in [-0.05, 0) is 32.1 Å². The minimum absolute atomic E-state index is 0.213. The Morgan fingerprint density at radius 3 is 2.89 bits per heavy atom. The van der Waals surface area contributed by atoms with Gasteiger partial charge in [0.1, 0.15) is 5.15 Å². The molecule has 18 heavy (non-hydrogen) atoms. The zero-order valence-corrected chi connectivity index (χ0v) is 11.6. The molecule has 0 saturated carbocycles. The van der Waals surface area contributed by atoms with E-state index in [9.17, 15) is 5.11 Å². The van der Waals surface area contributed by atoms with Gasteiger partial charge in [-0.25, -0.2) is 4.98 Å². The third kappa shape index (κ3) is 3.65. The number of halogens is 1. The van der Waals surface area contributed by atoms with Gasteiger partial charge in [-0.3, -0.25) is 4.90 Å². The van der Waals surface area contributed by atoms with E-state index in [4.69, 9.17) is 11.6 Å². The minimum atomic E-state index is -0.213. The smallest absolute Gasteiger partial charge is 0.129 e. The van der Waals surface area contributed by atoms with E-state index >= 15 is 0 Å². The first kappa shape index (κ1) is 13.7. The average molecular weight is 270 g/mol. The standard InChI is InChI=1S/C13H20ClN3O/c1-16(2)8-11-5-12(18)9-17(11)7-10-3-4-13(14)15-6-10/h3-4,6,11-12,18H,5,7-9H2,1-2H3. The predicted molar refractivity (Wildman–Crippen MR) is 72.6 cm³/mol. The highest BCUT2D eigenvalue weighted by Gasteiger charge is 2.30. The SMILES string of the molecule is CN(C)CC1CC(O)CN1Cc1ccc(Cl)nc1. The highest BCUT2D eigenvalue weighted by atomic mass is 35.5. The lowest BCUT2D eigenvalue weighted by molar-refractivity contribution is 0.169. The first-order chi connectivity index (χ1) is 8.54. The van der Waals surface area contributed by atoms with Gasteiger partial charge in [-0.2, -0.15) is 0 Å². The van der Waals surface area contributed by atoms with E-state index in [1.54, 1.807) is 6.20 Å². The maximum atomic E-state index is 9.81. The largest absolute Gasteiger partial charge is 0.392 e. The van der Waals surface area contributed by atoms with Crippen molar-refractivity contribution in [3.8, 4) is 0 Å². The highest BCUT2D eigenvalue weighted by molar-refractivity contribution is 6.29. The van der Waals surface area contributed by atoms with Crippen molar-refractivity contribution in [3.63, 3.8) is 0 Å². The maximum Gasteiger partial charge on any atom is 0.129 e. The van der Waals surface area contributed by atoms with Crippen LogP contribution in [0.4, 0.5) is 0 Å². The molecule has 1 saturated heterocycles. The van der Waals surface area contributed by atoms with Gasteiger partial charge >= 0.3 is 0 Å². The van der Waals surface area contributed by atoms with E-state index in [0.29, 0.717) is 11.2 Å². The van der Waals surface area contributed by atoms with Gasteiger partial charge in [0.15, 0.2) is 0 Å². The van der Waals surface area contributed by atoms with Crippen LogP contribution in [0, 0.1) is 0 Å². The fraction of sp³-hybridized carbons (Fsp3) is 0.615. The number of likely N-dealkylation sites (N-methyl/N-ethyl adjacent to an activating group) is 1. The van der Waals surface area contributed by atoms with Crippen LogP contribution in [0.2, 0.25) is 5.15 Å². The molecule has 2 heterocycles. The molecular weight excluding hydrogens is 250 g/mol. The summed E-state index contributed by atoms with van der Waals surface area (Å²) in [5.74, 6) is 0. The van der Waals surface area contributed by atoms with Crippen LogP contribution < -0.4 is 0 Å². The topological polar surface area (TPSA) is 39.6 Å². The Morgan fingerprint density at radius 2 is 2.28 bits per heavy atom. The summed E-state index contributed by atoms with van der Waals surface area (Å²) in [4.78, 5) is 8.57. The third-order valence-electron chi connectivity index (χ3n) is 3.26. The summed E-state index contributed by atoms with van der Waals surface area (Å²) >= 11 is 5.78. The Bertz CT molecular complexity index is 382. The first-order valence-corrected chi connectivity index (χ1v) is 6.59. The molecule has 0 amide bonds. The number of hydrogen-bond acceptors (Lipinski definition) is 4. The zero-order chi connectivity index (χ0) is 13.1. The summed E-state index contributed by atoms with van der Waals surface area (Å²) in [5.41, 5.74) is 1.14. The van der Waals surface area contributed by atoms with Gasteiger partial charge < -0.3 is 10.0 Å². The Labute approximate surface area is 113 Å². The monoisotopic (exact) mass is 269 g/mol. The normalized spacial score (nSPS) is 24.9. The second kappa shape index (κ2) is 5.97. The lowest BCUT2D eigenvalue weighted by atomic mass is 10.2. The van der Waals surface area contributed by atoms with Crippen molar-refractivity contribution >= 4 is 11.6 Å². The van der Waals surface area contributed by atoms with Crippen molar-refractivity contribution in [2.45, 2.75) is 25.1 Å². The number of nitrogens with zero attached hydrogens (tertiary/aromatic N) is 3. The molecule has 100 valence electrons. The molecule has 4 nitrogen and oxygen atoms in total. The number of aliphatic hydroxyl groups is 1. The quantitative estimate of drug-likeness (QED) is 0.835. The van der Waals surface area contributed by atoms with Crippen molar-refractivity contribution in [1.29, 1.82) is 0 Å². The number of rotatable bonds is 4. The lowest BCUT2D eigenvalue weighted by Gasteiger charge is -2.26. The van der Waals surface area contributed by atoms with E-state index in [2.05, 4.69) is 28.9 Å². The molecule has 1 N–H and O–H groups in total. The van der Waals surface area contributed by atoms with Crippen molar-refractivity contribution in [2.24, 2.45) is 0 Å². The fourth-order valence-corrected chi connectivity index (χ4v) is 2.61. The zero-order valence-electron chi connectivity index (χ0n) is 10.9. The molecule has 0 spiro atoms. The molecule has 1 aliphatic rings. The van der Waals surface area contributed by atoms with Crippen LogP contribution >= 0.6 is 11.6 Å². The van der Waals surface area contributed by atoms with Gasteiger partial charge in [0.2, 0.25) is 0 Å². The van der Waals surface area contributed by atoms with Gasteiger partial charge in [0, 0.05) is 31.9 Å². The Balaban J connectivity index is 2.00. The number of aliphatic hydroxyl groups excluding tert-OH is 1. The van der Waals surface area contributed by atoms with Gasteiger partial charge in [-0.15, -0.1) is 0 Å². The molecule has 0 aliphatic carbocycles. The van der Waals surface area contributed by atoms with Crippen LogP contribution in [0.15, 0.2) is 18.3 Å². The van der Waals surface area contributed by atoms with Crippen molar-refractivity contribution in [3.05, 3.63) is 29.0 Å². The van der Waals surface area contributed by atoms with E-state index < -0.39 is 0 Å². The molecule has 1 aromatic heterocycles. The fourth-order valence-electron chi connectivity index (χ4n) is 2.50. The molecule has 0 aromatic carbocycles. The van der Waals surface area contributed by atoms with Crippen LogP contribution in [-0.2, 0) is 6.54 Å². The second-order valence-electron chi connectivity index (χ2n) is 5.22. The lowest BCUT2D eigenvalue weighted by Crippen LogP contribution is -2.37. The average Bonchev–Trinajstić information content (AvgIpc) is 2.61. The summed E-state index contributed by atoms with van der Waals surface area (Å²) in [7, 11) is 4.12. The Morgan fingerprint density at radius 1 is 1.50 bits per heavy atom. The molecule has 1 aliphatic heterocycles. The van der Waals surface area contributed by atoms with Gasteiger partial charge in [0.05, 0.1) is 6.10 Å². The Kier molecular flexibility index (Phi) is 4.56. The van der Waals surface area contributed by atoms with E-state index in [1.807, 2.05) is 12.1 Å². The second-order valence-corrected chi connectivity index (χ2v) is 5.61.